The quantitative estimate of drug-likeness (QED) is 0.297. The number of aromatic amines is 1. The Hall–Kier alpha value is -3.64. The number of nitrogens with zero attached hydrogens (tertiary/aromatic N) is 1. The maximum absolute atomic E-state index is 12.9. The molecule has 1 atom stereocenters. The highest BCUT2D eigenvalue weighted by Crippen LogP contribution is 2.40. The summed E-state index contributed by atoms with van der Waals surface area (Å²) in [5.41, 5.74) is 0.185. The topological polar surface area (TPSA) is 93.6 Å². The lowest BCUT2D eigenvalue weighted by molar-refractivity contribution is -0.0135. The molecular weight excluding hydrogens is 516 g/mol. The number of benzene rings is 2. The Morgan fingerprint density at radius 1 is 1.05 bits per heavy atom. The summed E-state index contributed by atoms with van der Waals surface area (Å²) >= 11 is 1.05. The Morgan fingerprint density at radius 3 is 2.38 bits per heavy atom. The van der Waals surface area contributed by atoms with Crippen LogP contribution in [-0.2, 0) is 13.2 Å². The van der Waals surface area contributed by atoms with Crippen LogP contribution in [0.3, 0.4) is 0 Å². The number of aromatic nitrogens is 2. The first-order valence-electron chi connectivity index (χ1n) is 11.0. The van der Waals surface area contributed by atoms with E-state index in [2.05, 4.69) is 4.98 Å². The molecule has 0 saturated heterocycles. The molecule has 0 radical (unpaired) electrons. The van der Waals surface area contributed by atoms with Crippen molar-refractivity contribution in [1.29, 1.82) is 0 Å². The van der Waals surface area contributed by atoms with Gasteiger partial charge in [0.25, 0.3) is 18.4 Å². The van der Waals surface area contributed by atoms with Crippen LogP contribution in [0.2, 0.25) is 0 Å². The number of aliphatic hydroxyl groups excluding tert-OH is 1. The van der Waals surface area contributed by atoms with E-state index >= 15 is 0 Å². The van der Waals surface area contributed by atoms with Gasteiger partial charge in [-0.05, 0) is 41.8 Å². The second-order valence-electron chi connectivity index (χ2n) is 8.20. The highest BCUT2D eigenvalue weighted by Gasteiger charge is 2.23. The standard InChI is InChI=1S/C25H22F4N2O5S/c1-12-19-23(33)30-25(34)31(10-16(32)22(28)29)24(19)37-20(12)15-7-8-17(18(9-15)35-2)36-11-13-3-5-14(6-4-13)21(26)27/h3-9,16,21-22,32H,10-11H2,1-2H3,(H,30,33,34). The van der Waals surface area contributed by atoms with Crippen LogP contribution in [0.5, 0.6) is 11.5 Å². The van der Waals surface area contributed by atoms with Gasteiger partial charge in [0.2, 0.25) is 0 Å². The van der Waals surface area contributed by atoms with Gasteiger partial charge in [0.1, 0.15) is 17.5 Å². The predicted molar refractivity (Wildman–Crippen MR) is 131 cm³/mol. The average Bonchev–Trinajstić information content (AvgIpc) is 3.22. The zero-order chi connectivity index (χ0) is 26.9. The molecule has 0 fully saturated rings. The SMILES string of the molecule is COc1cc(-c2sc3c(c2C)c(=O)[nH]c(=O)n3CC(O)C(F)F)ccc1OCc1ccc(C(F)F)cc1. The Bertz CT molecular complexity index is 1530. The minimum absolute atomic E-state index is 0.0858. The van der Waals surface area contributed by atoms with E-state index in [0.29, 0.717) is 33.1 Å². The molecule has 7 nitrogen and oxygen atoms in total. The average molecular weight is 539 g/mol. The first-order chi connectivity index (χ1) is 17.6. The van der Waals surface area contributed by atoms with Gasteiger partial charge in [0.15, 0.2) is 11.5 Å². The fraction of sp³-hybridized carbons (Fsp3) is 0.280. The Kier molecular flexibility index (Phi) is 7.69. The lowest BCUT2D eigenvalue weighted by Crippen LogP contribution is -2.35. The summed E-state index contributed by atoms with van der Waals surface area (Å²) in [7, 11) is 1.44. The molecule has 0 spiro atoms. The van der Waals surface area contributed by atoms with Crippen LogP contribution in [0.4, 0.5) is 17.6 Å². The van der Waals surface area contributed by atoms with E-state index in [1.807, 2.05) is 0 Å². The van der Waals surface area contributed by atoms with Crippen molar-refractivity contribution in [1.82, 2.24) is 9.55 Å². The van der Waals surface area contributed by atoms with E-state index in [-0.39, 0.29) is 22.4 Å². The molecule has 1 unspecified atom stereocenters. The molecule has 2 aromatic carbocycles. The molecule has 37 heavy (non-hydrogen) atoms. The summed E-state index contributed by atoms with van der Waals surface area (Å²) in [6, 6.07) is 10.8. The van der Waals surface area contributed by atoms with Crippen molar-refractivity contribution >= 4 is 21.6 Å². The summed E-state index contributed by atoms with van der Waals surface area (Å²) in [6.45, 7) is 1.09. The molecule has 196 valence electrons. The van der Waals surface area contributed by atoms with Crippen molar-refractivity contribution in [3.05, 3.63) is 80.0 Å². The predicted octanol–water partition coefficient (Wildman–Crippen LogP) is 4.88. The van der Waals surface area contributed by atoms with Crippen molar-refractivity contribution in [3.63, 3.8) is 0 Å². The van der Waals surface area contributed by atoms with E-state index in [9.17, 15) is 32.3 Å². The number of alkyl halides is 4. The normalized spacial score (nSPS) is 12.5. The maximum Gasteiger partial charge on any atom is 0.329 e. The van der Waals surface area contributed by atoms with Gasteiger partial charge in [0.05, 0.1) is 19.0 Å². The van der Waals surface area contributed by atoms with Crippen LogP contribution in [0.15, 0.2) is 52.1 Å². The molecule has 2 heterocycles. The summed E-state index contributed by atoms with van der Waals surface area (Å²) in [4.78, 5) is 27.7. The van der Waals surface area contributed by atoms with E-state index < -0.39 is 36.7 Å². The highest BCUT2D eigenvalue weighted by molar-refractivity contribution is 7.22. The van der Waals surface area contributed by atoms with Gasteiger partial charge in [-0.1, -0.05) is 24.3 Å². The zero-order valence-electron chi connectivity index (χ0n) is 19.6. The Labute approximate surface area is 211 Å². The van der Waals surface area contributed by atoms with E-state index in [1.165, 1.54) is 19.2 Å². The number of aliphatic hydroxyl groups is 1. The third kappa shape index (κ3) is 5.39. The number of fused-ring (bicyclic) bond motifs is 1. The number of thiophene rings is 1. The largest absolute Gasteiger partial charge is 0.493 e. The van der Waals surface area contributed by atoms with Gasteiger partial charge < -0.3 is 14.6 Å². The Balaban J connectivity index is 1.67. The van der Waals surface area contributed by atoms with Crippen LogP contribution in [0.25, 0.3) is 20.7 Å². The first-order valence-corrected chi connectivity index (χ1v) is 11.8. The van der Waals surface area contributed by atoms with Crippen molar-refractivity contribution in [2.24, 2.45) is 0 Å². The van der Waals surface area contributed by atoms with Crippen molar-refractivity contribution in [2.45, 2.75) is 39.0 Å². The summed E-state index contributed by atoms with van der Waals surface area (Å²) in [6.07, 6.45) is -7.70. The van der Waals surface area contributed by atoms with Gasteiger partial charge in [-0.3, -0.25) is 14.3 Å². The number of aryl methyl sites for hydroxylation is 1. The number of H-pyrrole nitrogens is 1. The molecule has 4 aromatic rings. The molecule has 12 heteroatoms. The van der Waals surface area contributed by atoms with E-state index in [0.717, 1.165) is 15.9 Å². The fourth-order valence-corrected chi connectivity index (χ4v) is 5.14. The monoisotopic (exact) mass is 538 g/mol. The Morgan fingerprint density at radius 2 is 1.76 bits per heavy atom. The van der Waals surface area contributed by atoms with Gasteiger partial charge in [0, 0.05) is 10.4 Å². The van der Waals surface area contributed by atoms with Crippen LogP contribution >= 0.6 is 11.3 Å². The van der Waals surface area contributed by atoms with Crippen LogP contribution < -0.4 is 20.7 Å². The number of methoxy groups -OCH3 is 1. The van der Waals surface area contributed by atoms with Gasteiger partial charge in [-0.25, -0.2) is 22.4 Å². The van der Waals surface area contributed by atoms with Gasteiger partial charge in [-0.2, -0.15) is 0 Å². The number of hydrogen-bond donors (Lipinski definition) is 2. The van der Waals surface area contributed by atoms with Crippen LogP contribution in [-0.4, -0.2) is 34.3 Å². The molecule has 0 aliphatic rings. The fourth-order valence-electron chi connectivity index (χ4n) is 3.83. The molecule has 0 aliphatic carbocycles. The minimum atomic E-state index is -3.06. The number of ether oxygens (including phenoxy) is 2. The van der Waals surface area contributed by atoms with E-state index in [1.54, 1.807) is 37.3 Å². The number of halogens is 4. The van der Waals surface area contributed by atoms with Crippen molar-refractivity contribution in [2.75, 3.05) is 7.11 Å². The molecule has 0 amide bonds. The third-order valence-corrected chi connectivity index (χ3v) is 7.14. The van der Waals surface area contributed by atoms with E-state index in [4.69, 9.17) is 9.47 Å². The number of rotatable bonds is 9. The summed E-state index contributed by atoms with van der Waals surface area (Å²) in [5.74, 6) is 0.746. The van der Waals surface area contributed by atoms with Gasteiger partial charge >= 0.3 is 5.69 Å². The molecular formula is C25H22F4N2O5S. The molecule has 0 saturated carbocycles. The summed E-state index contributed by atoms with van der Waals surface area (Å²) < 4.78 is 63.5. The molecule has 2 N–H and O–H groups in total. The number of hydrogen-bond acceptors (Lipinski definition) is 6. The van der Waals surface area contributed by atoms with Crippen LogP contribution in [0, 0.1) is 6.92 Å². The van der Waals surface area contributed by atoms with Gasteiger partial charge in [-0.15, -0.1) is 11.3 Å². The lowest BCUT2D eigenvalue weighted by Gasteiger charge is -2.12. The molecule has 0 aliphatic heterocycles. The molecule has 0 bridgehead atoms. The molecule has 2 aromatic heterocycles. The smallest absolute Gasteiger partial charge is 0.329 e. The lowest BCUT2D eigenvalue weighted by atomic mass is 10.1. The second-order valence-corrected chi connectivity index (χ2v) is 9.20. The maximum atomic E-state index is 12.9. The van der Waals surface area contributed by atoms with Crippen LogP contribution in [0.1, 0.15) is 23.1 Å². The molecule has 4 rings (SSSR count). The van der Waals surface area contributed by atoms with Crippen molar-refractivity contribution < 1.29 is 32.1 Å². The zero-order valence-corrected chi connectivity index (χ0v) is 20.5. The summed E-state index contributed by atoms with van der Waals surface area (Å²) in [5, 5.41) is 9.79. The minimum Gasteiger partial charge on any atom is -0.493 e. The second kappa shape index (κ2) is 10.8. The highest BCUT2D eigenvalue weighted by atomic mass is 32.1. The number of nitrogens with one attached hydrogen (secondary N) is 1. The third-order valence-electron chi connectivity index (χ3n) is 5.78. The van der Waals surface area contributed by atoms with Crippen molar-refractivity contribution in [3.8, 4) is 21.9 Å². The first kappa shape index (κ1) is 26.4.